The van der Waals surface area contributed by atoms with E-state index in [0.29, 0.717) is 27.9 Å². The second-order valence-corrected chi connectivity index (χ2v) is 5.42. The zero-order chi connectivity index (χ0) is 16.6. The van der Waals surface area contributed by atoms with Gasteiger partial charge in [0.25, 0.3) is 5.91 Å². The van der Waals surface area contributed by atoms with Crippen molar-refractivity contribution in [1.82, 2.24) is 9.97 Å². The third-order valence-corrected chi connectivity index (χ3v) is 3.87. The fraction of sp³-hybridized carbons (Fsp3) is 0.0588. The minimum atomic E-state index is -0.639. The second kappa shape index (κ2) is 5.67. The molecule has 0 atom stereocenters. The van der Waals surface area contributed by atoms with Crippen molar-refractivity contribution in [2.24, 2.45) is 5.73 Å². The summed E-state index contributed by atoms with van der Waals surface area (Å²) in [5, 5.41) is 10.4. The third kappa shape index (κ3) is 2.50. The molecule has 23 heavy (non-hydrogen) atoms. The molecule has 112 valence electrons. The number of carbonyl (C=O) groups is 1. The van der Waals surface area contributed by atoms with Crippen LogP contribution in [0.4, 0.5) is 0 Å². The van der Waals surface area contributed by atoms with Gasteiger partial charge in [-0.25, -0.2) is 0 Å². The maximum atomic E-state index is 11.8. The average molecular weight is 323 g/mol. The lowest BCUT2D eigenvalue weighted by molar-refractivity contribution is 0.100. The van der Waals surface area contributed by atoms with Crippen LogP contribution >= 0.6 is 11.6 Å². The summed E-state index contributed by atoms with van der Waals surface area (Å²) in [7, 11) is 0. The topological polar surface area (TPSA) is 92.7 Å². The van der Waals surface area contributed by atoms with Crippen molar-refractivity contribution in [1.29, 1.82) is 5.26 Å². The minimum Gasteiger partial charge on any atom is -0.366 e. The van der Waals surface area contributed by atoms with Crippen LogP contribution in [0.15, 0.2) is 36.7 Å². The number of nitrogens with zero attached hydrogens (tertiary/aromatic N) is 3. The molecule has 0 saturated carbocycles. The van der Waals surface area contributed by atoms with E-state index in [1.54, 1.807) is 25.3 Å². The van der Waals surface area contributed by atoms with E-state index in [9.17, 15) is 10.1 Å². The molecule has 1 amide bonds. The number of hydrogen-bond donors (Lipinski definition) is 1. The van der Waals surface area contributed by atoms with Gasteiger partial charge in [0.2, 0.25) is 0 Å². The number of nitrogens with two attached hydrogens (primary N) is 1. The van der Waals surface area contributed by atoms with Crippen molar-refractivity contribution in [3.8, 4) is 17.2 Å². The quantitative estimate of drug-likeness (QED) is 0.783. The molecule has 1 aromatic carbocycles. The van der Waals surface area contributed by atoms with E-state index in [-0.39, 0.29) is 10.6 Å². The fourth-order valence-corrected chi connectivity index (χ4v) is 2.84. The number of hydrogen-bond acceptors (Lipinski definition) is 4. The Hall–Kier alpha value is -2.97. The highest BCUT2D eigenvalue weighted by Crippen LogP contribution is 2.33. The van der Waals surface area contributed by atoms with Gasteiger partial charge in [-0.15, -0.1) is 0 Å². The summed E-state index contributed by atoms with van der Waals surface area (Å²) >= 11 is 6.10. The largest absolute Gasteiger partial charge is 0.366 e. The van der Waals surface area contributed by atoms with Gasteiger partial charge < -0.3 is 5.73 Å². The molecule has 6 heteroatoms. The molecule has 0 aliphatic rings. The molecule has 5 nitrogen and oxygen atoms in total. The molecular formula is C17H11ClN4O. The molecule has 2 heterocycles. The van der Waals surface area contributed by atoms with E-state index >= 15 is 0 Å². The third-order valence-electron chi connectivity index (χ3n) is 3.58. The molecule has 2 N–H and O–H groups in total. The van der Waals surface area contributed by atoms with Crippen molar-refractivity contribution in [3.63, 3.8) is 0 Å². The van der Waals surface area contributed by atoms with E-state index in [0.717, 1.165) is 5.39 Å². The van der Waals surface area contributed by atoms with Gasteiger partial charge in [0.05, 0.1) is 21.7 Å². The van der Waals surface area contributed by atoms with Gasteiger partial charge in [0.1, 0.15) is 6.07 Å². The molecule has 2 aromatic heterocycles. The molecule has 0 spiro atoms. The van der Waals surface area contributed by atoms with Crippen LogP contribution in [0.5, 0.6) is 0 Å². The van der Waals surface area contributed by atoms with Gasteiger partial charge >= 0.3 is 0 Å². The Balaban J connectivity index is 2.41. The van der Waals surface area contributed by atoms with Gasteiger partial charge in [-0.2, -0.15) is 5.26 Å². The number of halogens is 1. The molecule has 0 unspecified atom stereocenters. The maximum Gasteiger partial charge on any atom is 0.250 e. The van der Waals surface area contributed by atoms with Crippen molar-refractivity contribution < 1.29 is 4.79 Å². The summed E-state index contributed by atoms with van der Waals surface area (Å²) in [4.78, 5) is 20.2. The SMILES string of the molecule is Cc1ncc(Cl)c(C(N)=O)c1-c1cc(C#N)c2ncccc2c1. The number of amides is 1. The van der Waals surface area contributed by atoms with Crippen molar-refractivity contribution in [3.05, 3.63) is 58.5 Å². The van der Waals surface area contributed by atoms with Crippen molar-refractivity contribution in [2.45, 2.75) is 6.92 Å². The second-order valence-electron chi connectivity index (χ2n) is 5.02. The van der Waals surface area contributed by atoms with Gasteiger partial charge in [-0.3, -0.25) is 14.8 Å². The highest BCUT2D eigenvalue weighted by atomic mass is 35.5. The number of aromatic nitrogens is 2. The smallest absolute Gasteiger partial charge is 0.250 e. The van der Waals surface area contributed by atoms with Crippen LogP contribution in [-0.2, 0) is 0 Å². The van der Waals surface area contributed by atoms with Crippen molar-refractivity contribution >= 4 is 28.4 Å². The highest BCUT2D eigenvalue weighted by molar-refractivity contribution is 6.34. The first-order valence-corrected chi connectivity index (χ1v) is 7.15. The monoisotopic (exact) mass is 322 g/mol. The summed E-state index contributed by atoms with van der Waals surface area (Å²) in [6.45, 7) is 1.76. The molecule has 3 aromatic rings. The van der Waals surface area contributed by atoms with Crippen LogP contribution < -0.4 is 5.73 Å². The van der Waals surface area contributed by atoms with E-state index in [4.69, 9.17) is 17.3 Å². The average Bonchev–Trinajstić information content (AvgIpc) is 2.55. The van der Waals surface area contributed by atoms with Crippen LogP contribution in [-0.4, -0.2) is 15.9 Å². The summed E-state index contributed by atoms with van der Waals surface area (Å²) in [5.74, 6) is -0.639. The standard InChI is InChI=1S/C17H11ClN4O/c1-9-14(15(17(20)23)13(18)8-22-9)11-5-10-3-2-4-21-16(10)12(6-11)7-19/h2-6,8H,1H3,(H2,20,23). The Morgan fingerprint density at radius 1 is 1.35 bits per heavy atom. The van der Waals surface area contributed by atoms with E-state index in [1.807, 2.05) is 12.1 Å². The Labute approximate surface area is 137 Å². The van der Waals surface area contributed by atoms with Crippen molar-refractivity contribution in [2.75, 3.05) is 0 Å². The number of carbonyl (C=O) groups excluding carboxylic acids is 1. The van der Waals surface area contributed by atoms with Gasteiger partial charge in [0, 0.05) is 29.0 Å². The first kappa shape index (κ1) is 14.9. The lowest BCUT2D eigenvalue weighted by Gasteiger charge is -2.13. The number of rotatable bonds is 2. The summed E-state index contributed by atoms with van der Waals surface area (Å²) in [6.07, 6.45) is 3.03. The van der Waals surface area contributed by atoms with E-state index in [2.05, 4.69) is 16.0 Å². The van der Waals surface area contributed by atoms with E-state index in [1.165, 1.54) is 6.20 Å². The van der Waals surface area contributed by atoms with Crippen LogP contribution in [0, 0.1) is 18.3 Å². The van der Waals surface area contributed by atoms with Gasteiger partial charge in [-0.05, 0) is 30.7 Å². The number of primary amides is 1. The summed E-state index contributed by atoms with van der Waals surface area (Å²) in [5.41, 5.74) is 8.49. The predicted molar refractivity (Wildman–Crippen MR) is 88.0 cm³/mol. The number of benzene rings is 1. The Kier molecular flexibility index (Phi) is 3.68. The van der Waals surface area contributed by atoms with Crippen LogP contribution in [0.25, 0.3) is 22.0 Å². The molecule has 0 saturated heterocycles. The lowest BCUT2D eigenvalue weighted by Crippen LogP contribution is -2.14. The Morgan fingerprint density at radius 3 is 2.83 bits per heavy atom. The van der Waals surface area contributed by atoms with Crippen LogP contribution in [0.3, 0.4) is 0 Å². The molecular weight excluding hydrogens is 312 g/mol. The molecule has 0 aliphatic heterocycles. The molecule has 0 fully saturated rings. The van der Waals surface area contributed by atoms with Crippen LogP contribution in [0.2, 0.25) is 5.02 Å². The van der Waals surface area contributed by atoms with Gasteiger partial charge in [-0.1, -0.05) is 17.7 Å². The lowest BCUT2D eigenvalue weighted by atomic mass is 9.95. The summed E-state index contributed by atoms with van der Waals surface area (Å²) in [6, 6.07) is 9.28. The first-order valence-electron chi connectivity index (χ1n) is 6.77. The summed E-state index contributed by atoms with van der Waals surface area (Å²) < 4.78 is 0. The van der Waals surface area contributed by atoms with E-state index < -0.39 is 5.91 Å². The fourth-order valence-electron chi connectivity index (χ4n) is 2.60. The Bertz CT molecular complexity index is 992. The molecule has 0 bridgehead atoms. The minimum absolute atomic E-state index is 0.183. The normalized spacial score (nSPS) is 10.5. The highest BCUT2D eigenvalue weighted by Gasteiger charge is 2.19. The molecule has 0 radical (unpaired) electrons. The zero-order valence-corrected chi connectivity index (χ0v) is 12.9. The maximum absolute atomic E-state index is 11.8. The number of nitriles is 1. The molecule has 0 aliphatic carbocycles. The van der Waals surface area contributed by atoms with Crippen LogP contribution in [0.1, 0.15) is 21.6 Å². The van der Waals surface area contributed by atoms with Gasteiger partial charge in [0.15, 0.2) is 0 Å². The first-order chi connectivity index (χ1) is 11.0. The number of aryl methyl sites for hydroxylation is 1. The predicted octanol–water partition coefficient (Wildman–Crippen LogP) is 3.23. The Morgan fingerprint density at radius 2 is 2.13 bits per heavy atom. The number of pyridine rings is 2. The number of fused-ring (bicyclic) bond motifs is 1. The molecule has 3 rings (SSSR count). The zero-order valence-electron chi connectivity index (χ0n) is 12.2.